The van der Waals surface area contributed by atoms with Crippen LogP contribution in [0.5, 0.6) is 0 Å². The van der Waals surface area contributed by atoms with Gasteiger partial charge < -0.3 is 32.5 Å². The Morgan fingerprint density at radius 2 is 1.45 bits per heavy atom. The first-order valence-corrected chi connectivity index (χ1v) is 10.1. The third-order valence-electron chi connectivity index (χ3n) is 4.16. The first-order valence-electron chi connectivity index (χ1n) is 8.87. The van der Waals surface area contributed by atoms with Crippen LogP contribution >= 0.6 is 25.3 Å². The van der Waals surface area contributed by atoms with Gasteiger partial charge in [-0.05, 0) is 5.92 Å². The fraction of sp³-hybridized carbons (Fsp3) is 0.688. The molecule has 0 spiro atoms. The highest BCUT2D eigenvalue weighted by Crippen LogP contribution is 2.09. The van der Waals surface area contributed by atoms with Gasteiger partial charge in [0, 0.05) is 11.5 Å². The zero-order valence-corrected chi connectivity index (χ0v) is 18.0. The number of amides is 4. The number of carboxylic acids is 1. The molecule has 0 aliphatic carbocycles. The van der Waals surface area contributed by atoms with E-state index in [9.17, 15) is 29.1 Å². The summed E-state index contributed by atoms with van der Waals surface area (Å²) in [6, 6.07) is -4.74. The second-order valence-electron chi connectivity index (χ2n) is 6.47. The molecule has 0 bridgehead atoms. The molecule has 0 rings (SSSR count). The molecule has 0 saturated carbocycles. The van der Waals surface area contributed by atoms with E-state index in [4.69, 9.17) is 11.5 Å². The first-order chi connectivity index (χ1) is 13.5. The molecule has 166 valence electrons. The quantitative estimate of drug-likeness (QED) is 0.143. The van der Waals surface area contributed by atoms with Crippen LogP contribution in [0.1, 0.15) is 26.7 Å². The maximum Gasteiger partial charge on any atom is 0.326 e. The Morgan fingerprint density at radius 1 is 0.931 bits per heavy atom. The molecule has 0 aliphatic heterocycles. The number of primary amides is 1. The molecule has 0 aliphatic rings. The van der Waals surface area contributed by atoms with Crippen molar-refractivity contribution in [3.63, 3.8) is 0 Å². The molecule has 5 atom stereocenters. The Morgan fingerprint density at radius 3 is 1.86 bits per heavy atom. The smallest absolute Gasteiger partial charge is 0.326 e. The second-order valence-corrected chi connectivity index (χ2v) is 7.20. The van der Waals surface area contributed by atoms with Crippen molar-refractivity contribution in [2.24, 2.45) is 17.4 Å². The van der Waals surface area contributed by atoms with Crippen LogP contribution in [-0.2, 0) is 24.0 Å². The lowest BCUT2D eigenvalue weighted by molar-refractivity contribution is -0.144. The van der Waals surface area contributed by atoms with Crippen LogP contribution < -0.4 is 27.4 Å². The number of hydrogen-bond acceptors (Lipinski definition) is 8. The van der Waals surface area contributed by atoms with Gasteiger partial charge in [0.1, 0.15) is 18.1 Å². The van der Waals surface area contributed by atoms with Crippen molar-refractivity contribution >= 4 is 54.9 Å². The van der Waals surface area contributed by atoms with E-state index < -0.39 is 66.1 Å². The lowest BCUT2D eigenvalue weighted by Gasteiger charge is -2.25. The number of carboxylic acid groups (broad SMARTS) is 1. The lowest BCUT2D eigenvalue weighted by Crippen LogP contribution is -2.59. The van der Waals surface area contributed by atoms with E-state index in [1.54, 1.807) is 13.8 Å². The van der Waals surface area contributed by atoms with Crippen molar-refractivity contribution < 1.29 is 29.1 Å². The Bertz CT molecular complexity index is 621. The largest absolute Gasteiger partial charge is 0.480 e. The van der Waals surface area contributed by atoms with Gasteiger partial charge >= 0.3 is 5.97 Å². The summed E-state index contributed by atoms with van der Waals surface area (Å²) in [6.07, 6.45) is -0.0863. The number of carbonyl (C=O) groups excluding carboxylic acids is 4. The van der Waals surface area contributed by atoms with Crippen LogP contribution in [0.4, 0.5) is 0 Å². The fourth-order valence-corrected chi connectivity index (χ4v) is 2.60. The van der Waals surface area contributed by atoms with Crippen LogP contribution in [0.3, 0.4) is 0 Å². The molecule has 0 aromatic carbocycles. The van der Waals surface area contributed by atoms with Gasteiger partial charge in [0.05, 0.1) is 12.5 Å². The van der Waals surface area contributed by atoms with Gasteiger partial charge in [-0.15, -0.1) is 0 Å². The maximum atomic E-state index is 12.5. The highest BCUT2D eigenvalue weighted by Gasteiger charge is 2.32. The normalized spacial score (nSPS) is 15.9. The molecule has 0 aromatic rings. The average Bonchev–Trinajstić information content (AvgIpc) is 2.66. The number of nitrogens with one attached hydrogen (secondary N) is 3. The van der Waals surface area contributed by atoms with Crippen molar-refractivity contribution in [1.29, 1.82) is 0 Å². The van der Waals surface area contributed by atoms with Crippen LogP contribution in [0.2, 0.25) is 0 Å². The summed E-state index contributed by atoms with van der Waals surface area (Å²) < 4.78 is 0. The van der Waals surface area contributed by atoms with Gasteiger partial charge in [-0.1, -0.05) is 20.3 Å². The third kappa shape index (κ3) is 9.37. The Balaban J connectivity index is 5.32. The van der Waals surface area contributed by atoms with Gasteiger partial charge in [0.15, 0.2) is 0 Å². The highest BCUT2D eigenvalue weighted by molar-refractivity contribution is 7.80. The summed E-state index contributed by atoms with van der Waals surface area (Å²) in [6.45, 7) is 3.39. The molecular weight excluding hydrogens is 422 g/mol. The van der Waals surface area contributed by atoms with E-state index in [0.717, 1.165) is 0 Å². The van der Waals surface area contributed by atoms with Crippen LogP contribution in [0.25, 0.3) is 0 Å². The molecule has 0 saturated heterocycles. The molecule has 0 aromatic heterocycles. The maximum absolute atomic E-state index is 12.5. The molecule has 4 amide bonds. The molecular formula is C16H29N5O6S2. The minimum Gasteiger partial charge on any atom is -0.480 e. The molecule has 8 N–H and O–H groups in total. The van der Waals surface area contributed by atoms with Gasteiger partial charge in [-0.3, -0.25) is 19.2 Å². The zero-order chi connectivity index (χ0) is 22.7. The van der Waals surface area contributed by atoms with Crippen LogP contribution in [-0.4, -0.2) is 70.4 Å². The van der Waals surface area contributed by atoms with Crippen LogP contribution in [0.15, 0.2) is 0 Å². The van der Waals surface area contributed by atoms with Crippen molar-refractivity contribution in [1.82, 2.24) is 16.0 Å². The fourth-order valence-electron chi connectivity index (χ4n) is 2.18. The van der Waals surface area contributed by atoms with E-state index in [0.29, 0.717) is 6.42 Å². The zero-order valence-electron chi connectivity index (χ0n) is 16.3. The van der Waals surface area contributed by atoms with Crippen molar-refractivity contribution in [2.75, 3.05) is 11.5 Å². The number of aliphatic carboxylic acids is 1. The standard InChI is InChI=1S/C16H29N5O6S2/c1-3-7(2)12(16(26)27)21-14(24)9(4-11(18)22)19-15(25)10(6-29)20-13(23)8(17)5-28/h7-10,12,28-29H,3-6,17H2,1-2H3,(H2,18,22)(H,19,25)(H,20,23)(H,21,24)(H,26,27). The van der Waals surface area contributed by atoms with Crippen LogP contribution in [0, 0.1) is 5.92 Å². The van der Waals surface area contributed by atoms with E-state index in [1.807, 2.05) is 0 Å². The highest BCUT2D eigenvalue weighted by atomic mass is 32.1. The minimum absolute atomic E-state index is 0.0473. The van der Waals surface area contributed by atoms with E-state index in [1.165, 1.54) is 0 Å². The molecule has 11 nitrogen and oxygen atoms in total. The topological polar surface area (TPSA) is 194 Å². The molecule has 0 fully saturated rings. The Hall–Kier alpha value is -1.99. The molecule has 13 heteroatoms. The van der Waals surface area contributed by atoms with Gasteiger partial charge in [-0.2, -0.15) is 25.3 Å². The molecule has 0 radical (unpaired) electrons. The average molecular weight is 452 g/mol. The second kappa shape index (κ2) is 13.3. The van der Waals surface area contributed by atoms with Gasteiger partial charge in [0.2, 0.25) is 23.6 Å². The number of rotatable bonds is 13. The summed E-state index contributed by atoms with van der Waals surface area (Å²) in [7, 11) is 0. The SMILES string of the molecule is CCC(C)C(NC(=O)C(CC(N)=O)NC(=O)C(CS)NC(=O)C(N)CS)C(=O)O. The van der Waals surface area contributed by atoms with Crippen molar-refractivity contribution in [3.05, 3.63) is 0 Å². The summed E-state index contributed by atoms with van der Waals surface area (Å²) in [5, 5.41) is 16.3. The number of hydrogen-bond donors (Lipinski definition) is 8. The van der Waals surface area contributed by atoms with E-state index in [-0.39, 0.29) is 11.5 Å². The van der Waals surface area contributed by atoms with E-state index in [2.05, 4.69) is 41.2 Å². The van der Waals surface area contributed by atoms with Crippen molar-refractivity contribution in [2.45, 2.75) is 50.9 Å². The van der Waals surface area contributed by atoms with Gasteiger partial charge in [0.25, 0.3) is 0 Å². The van der Waals surface area contributed by atoms with E-state index >= 15 is 0 Å². The summed E-state index contributed by atoms with van der Waals surface area (Å²) >= 11 is 7.88. The molecule has 5 unspecified atom stereocenters. The third-order valence-corrected chi connectivity index (χ3v) is 4.92. The monoisotopic (exact) mass is 451 g/mol. The number of nitrogens with two attached hydrogens (primary N) is 2. The summed E-state index contributed by atoms with van der Waals surface area (Å²) in [4.78, 5) is 59.5. The Kier molecular flexibility index (Phi) is 12.4. The Labute approximate surface area is 179 Å². The lowest BCUT2D eigenvalue weighted by atomic mass is 9.98. The summed E-state index contributed by atoms with van der Waals surface area (Å²) in [5.74, 6) is -4.94. The molecule has 0 heterocycles. The predicted octanol–water partition coefficient (Wildman–Crippen LogP) is -2.37. The number of thiol groups is 2. The molecule has 29 heavy (non-hydrogen) atoms. The predicted molar refractivity (Wildman–Crippen MR) is 112 cm³/mol. The van der Waals surface area contributed by atoms with Gasteiger partial charge in [-0.25, -0.2) is 4.79 Å². The summed E-state index contributed by atoms with van der Waals surface area (Å²) in [5.41, 5.74) is 10.7. The first kappa shape index (κ1) is 27.0. The minimum atomic E-state index is -1.43. The number of carbonyl (C=O) groups is 5. The van der Waals surface area contributed by atoms with Crippen molar-refractivity contribution in [3.8, 4) is 0 Å².